The van der Waals surface area contributed by atoms with E-state index in [9.17, 15) is 4.79 Å². The number of carbonyl (C=O) groups is 1. The maximum atomic E-state index is 11.2. The van der Waals surface area contributed by atoms with Gasteiger partial charge in [0.2, 0.25) is 0 Å². The van der Waals surface area contributed by atoms with E-state index in [1.807, 2.05) is 30.3 Å². The van der Waals surface area contributed by atoms with Gasteiger partial charge >= 0.3 is 0 Å². The number of nitrogens with zero attached hydrogens (tertiary/aromatic N) is 2. The van der Waals surface area contributed by atoms with Gasteiger partial charge in [0.1, 0.15) is 11.5 Å². The Kier molecular flexibility index (Phi) is 3.46. The minimum absolute atomic E-state index is 0.426. The van der Waals surface area contributed by atoms with Gasteiger partial charge in [-0.15, -0.1) is 0 Å². The van der Waals surface area contributed by atoms with E-state index in [4.69, 9.17) is 5.73 Å². The average molecular weight is 243 g/mol. The molecule has 2 N–H and O–H groups in total. The molecule has 1 aromatic heterocycles. The van der Waals surface area contributed by atoms with Crippen molar-refractivity contribution in [2.24, 2.45) is 5.92 Å². The molecule has 2 aromatic rings. The molecule has 0 unspecified atom stereocenters. The summed E-state index contributed by atoms with van der Waals surface area (Å²) in [5, 5.41) is 4.45. The highest BCUT2D eigenvalue weighted by Gasteiger charge is 2.16. The summed E-state index contributed by atoms with van der Waals surface area (Å²) in [6.45, 7) is 4.88. The largest absolute Gasteiger partial charge is 0.383 e. The standard InChI is InChI=1S/C14H17N3O/c1-10(2)8-17-14(15)12(9-18)13(16-17)11-6-4-3-5-7-11/h3-7,9-10H,8,15H2,1-2H3. The molecule has 0 spiro atoms. The van der Waals surface area contributed by atoms with Crippen LogP contribution in [-0.4, -0.2) is 16.1 Å². The first kappa shape index (κ1) is 12.4. The molecule has 94 valence electrons. The zero-order valence-electron chi connectivity index (χ0n) is 10.6. The normalized spacial score (nSPS) is 10.8. The molecule has 0 atom stereocenters. The number of nitrogens with two attached hydrogens (primary N) is 1. The lowest BCUT2D eigenvalue weighted by atomic mass is 10.1. The molecule has 0 saturated carbocycles. The number of nitrogen functional groups attached to an aromatic ring is 1. The average Bonchev–Trinajstić information content (AvgIpc) is 2.67. The minimum Gasteiger partial charge on any atom is -0.383 e. The lowest BCUT2D eigenvalue weighted by Gasteiger charge is -2.06. The van der Waals surface area contributed by atoms with Crippen molar-refractivity contribution < 1.29 is 4.79 Å². The number of rotatable bonds is 4. The highest BCUT2D eigenvalue weighted by molar-refractivity contribution is 5.91. The van der Waals surface area contributed by atoms with Crippen molar-refractivity contribution in [1.29, 1.82) is 0 Å². The van der Waals surface area contributed by atoms with E-state index in [1.165, 1.54) is 0 Å². The Morgan fingerprint density at radius 2 is 2.00 bits per heavy atom. The Balaban J connectivity index is 2.51. The molecule has 1 aromatic carbocycles. The maximum absolute atomic E-state index is 11.2. The van der Waals surface area contributed by atoms with E-state index < -0.39 is 0 Å². The molecule has 4 heteroatoms. The first-order valence-electron chi connectivity index (χ1n) is 6.00. The Labute approximate surface area is 106 Å². The quantitative estimate of drug-likeness (QED) is 0.840. The molecular formula is C14H17N3O. The van der Waals surface area contributed by atoms with Crippen LogP contribution in [0.2, 0.25) is 0 Å². The van der Waals surface area contributed by atoms with Gasteiger partial charge in [-0.1, -0.05) is 44.2 Å². The number of anilines is 1. The first-order valence-corrected chi connectivity index (χ1v) is 6.00. The Morgan fingerprint density at radius 3 is 2.56 bits per heavy atom. The first-order chi connectivity index (χ1) is 8.63. The lowest BCUT2D eigenvalue weighted by molar-refractivity contribution is 0.112. The Hall–Kier alpha value is -2.10. The summed E-state index contributed by atoms with van der Waals surface area (Å²) in [5.74, 6) is 0.868. The van der Waals surface area contributed by atoms with Gasteiger partial charge in [0.15, 0.2) is 6.29 Å². The molecule has 0 saturated heterocycles. The van der Waals surface area contributed by atoms with Crippen LogP contribution >= 0.6 is 0 Å². The third-order valence-corrected chi connectivity index (χ3v) is 2.73. The zero-order chi connectivity index (χ0) is 13.1. The molecular weight excluding hydrogens is 226 g/mol. The van der Waals surface area contributed by atoms with Crippen molar-refractivity contribution in [3.05, 3.63) is 35.9 Å². The summed E-state index contributed by atoms with van der Waals surface area (Å²) < 4.78 is 1.71. The number of carbonyl (C=O) groups excluding carboxylic acids is 1. The van der Waals surface area contributed by atoms with E-state index in [-0.39, 0.29) is 0 Å². The van der Waals surface area contributed by atoms with Crippen LogP contribution in [0.1, 0.15) is 24.2 Å². The van der Waals surface area contributed by atoms with Crippen molar-refractivity contribution >= 4 is 12.1 Å². The molecule has 0 aliphatic carbocycles. The van der Waals surface area contributed by atoms with E-state index in [0.717, 1.165) is 11.8 Å². The Morgan fingerprint density at radius 1 is 1.33 bits per heavy atom. The van der Waals surface area contributed by atoms with Crippen LogP contribution in [0.25, 0.3) is 11.3 Å². The molecule has 0 radical (unpaired) electrons. The van der Waals surface area contributed by atoms with Gasteiger partial charge in [0.25, 0.3) is 0 Å². The molecule has 1 heterocycles. The number of aromatic nitrogens is 2. The van der Waals surface area contributed by atoms with Gasteiger partial charge < -0.3 is 5.73 Å². The van der Waals surface area contributed by atoms with Crippen LogP contribution < -0.4 is 5.73 Å². The molecule has 0 bridgehead atoms. The van der Waals surface area contributed by atoms with E-state index in [0.29, 0.717) is 29.5 Å². The van der Waals surface area contributed by atoms with Crippen LogP contribution in [0.4, 0.5) is 5.82 Å². The molecule has 2 rings (SSSR count). The summed E-state index contributed by atoms with van der Waals surface area (Å²) in [6, 6.07) is 9.62. The predicted molar refractivity (Wildman–Crippen MR) is 72.3 cm³/mol. The fourth-order valence-electron chi connectivity index (χ4n) is 1.90. The van der Waals surface area contributed by atoms with Crippen molar-refractivity contribution in [3.8, 4) is 11.3 Å². The topological polar surface area (TPSA) is 60.9 Å². The predicted octanol–water partition coefficient (Wildman–Crippen LogP) is 2.60. The van der Waals surface area contributed by atoms with Gasteiger partial charge in [-0.05, 0) is 5.92 Å². The van der Waals surface area contributed by atoms with Crippen LogP contribution in [0.5, 0.6) is 0 Å². The molecule has 18 heavy (non-hydrogen) atoms. The minimum atomic E-state index is 0.426. The summed E-state index contributed by atoms with van der Waals surface area (Å²) >= 11 is 0. The lowest BCUT2D eigenvalue weighted by Crippen LogP contribution is -2.09. The molecule has 0 aliphatic rings. The summed E-state index contributed by atoms with van der Waals surface area (Å²) in [5.41, 5.74) is 8.01. The summed E-state index contributed by atoms with van der Waals surface area (Å²) in [7, 11) is 0. The van der Waals surface area contributed by atoms with E-state index >= 15 is 0 Å². The van der Waals surface area contributed by atoms with Gasteiger partial charge in [-0.2, -0.15) is 5.10 Å². The van der Waals surface area contributed by atoms with Crippen LogP contribution in [0, 0.1) is 5.92 Å². The fraction of sp³-hybridized carbons (Fsp3) is 0.286. The van der Waals surface area contributed by atoms with E-state index in [2.05, 4.69) is 18.9 Å². The van der Waals surface area contributed by atoms with Crippen molar-refractivity contribution in [3.63, 3.8) is 0 Å². The second-order valence-corrected chi connectivity index (χ2v) is 4.71. The molecule has 0 amide bonds. The highest BCUT2D eigenvalue weighted by atomic mass is 16.1. The second-order valence-electron chi connectivity index (χ2n) is 4.71. The summed E-state index contributed by atoms with van der Waals surface area (Å²) in [6.07, 6.45) is 0.779. The summed E-state index contributed by atoms with van der Waals surface area (Å²) in [4.78, 5) is 11.2. The van der Waals surface area contributed by atoms with Crippen LogP contribution in [-0.2, 0) is 6.54 Å². The van der Waals surface area contributed by atoms with Crippen molar-refractivity contribution in [2.75, 3.05) is 5.73 Å². The number of aldehydes is 1. The fourth-order valence-corrected chi connectivity index (χ4v) is 1.90. The van der Waals surface area contributed by atoms with Crippen LogP contribution in [0.3, 0.4) is 0 Å². The molecule has 0 fully saturated rings. The monoisotopic (exact) mass is 243 g/mol. The van der Waals surface area contributed by atoms with Gasteiger partial charge in [-0.25, -0.2) is 4.68 Å². The number of hydrogen-bond donors (Lipinski definition) is 1. The van der Waals surface area contributed by atoms with Gasteiger partial charge in [-0.3, -0.25) is 4.79 Å². The van der Waals surface area contributed by atoms with Gasteiger partial charge in [0, 0.05) is 12.1 Å². The Bertz CT molecular complexity index is 544. The zero-order valence-corrected chi connectivity index (χ0v) is 10.6. The van der Waals surface area contributed by atoms with Crippen molar-refractivity contribution in [1.82, 2.24) is 9.78 Å². The molecule has 0 aliphatic heterocycles. The van der Waals surface area contributed by atoms with Crippen molar-refractivity contribution in [2.45, 2.75) is 20.4 Å². The smallest absolute Gasteiger partial charge is 0.156 e. The van der Waals surface area contributed by atoms with E-state index in [1.54, 1.807) is 4.68 Å². The SMILES string of the molecule is CC(C)Cn1nc(-c2ccccc2)c(C=O)c1N. The highest BCUT2D eigenvalue weighted by Crippen LogP contribution is 2.26. The maximum Gasteiger partial charge on any atom is 0.156 e. The molecule has 4 nitrogen and oxygen atoms in total. The third kappa shape index (κ3) is 2.27. The number of hydrogen-bond acceptors (Lipinski definition) is 3. The second kappa shape index (κ2) is 5.04. The number of benzene rings is 1. The van der Waals surface area contributed by atoms with Crippen LogP contribution in [0.15, 0.2) is 30.3 Å². The van der Waals surface area contributed by atoms with Gasteiger partial charge in [0.05, 0.1) is 5.56 Å². The third-order valence-electron chi connectivity index (χ3n) is 2.73.